The number of carbonyl (C=O) groups excluding carboxylic acids is 4. The number of ether oxygens (including phenoxy) is 1. The van der Waals surface area contributed by atoms with Crippen molar-refractivity contribution in [2.75, 3.05) is 17.5 Å². The van der Waals surface area contributed by atoms with Gasteiger partial charge in [-0.15, -0.1) is 23.2 Å². The van der Waals surface area contributed by atoms with Crippen molar-refractivity contribution in [2.24, 2.45) is 17.8 Å². The van der Waals surface area contributed by atoms with Crippen LogP contribution < -0.4 is 9.64 Å². The van der Waals surface area contributed by atoms with E-state index in [1.807, 2.05) is 0 Å². The lowest BCUT2D eigenvalue weighted by molar-refractivity contribution is -0.138. The third-order valence-electron chi connectivity index (χ3n) is 9.01. The second-order valence-corrected chi connectivity index (χ2v) is 12.7. The number of hydrogen-bond acceptors (Lipinski definition) is 8. The molecule has 43 heavy (non-hydrogen) atoms. The molecule has 2 aromatic rings. The Morgan fingerprint density at radius 2 is 1.77 bits per heavy atom. The normalized spacial score (nSPS) is 31.5. The van der Waals surface area contributed by atoms with Crippen molar-refractivity contribution < 1.29 is 44.0 Å². The molecule has 0 radical (unpaired) electrons. The number of aromatic hydroxyl groups is 2. The van der Waals surface area contributed by atoms with Gasteiger partial charge in [-0.3, -0.25) is 24.1 Å². The summed E-state index contributed by atoms with van der Waals surface area (Å²) in [4.78, 5) is 64.5. The van der Waals surface area contributed by atoms with E-state index in [9.17, 15) is 39.3 Å². The summed E-state index contributed by atoms with van der Waals surface area (Å²) >= 11 is 17.6. The zero-order valence-corrected chi connectivity index (χ0v) is 25.4. The number of nitrogens with zero attached hydrogens (tertiary/aromatic N) is 2. The molecular weight excluding hydrogens is 671 g/mol. The van der Waals surface area contributed by atoms with E-state index in [4.69, 9.17) is 27.9 Å². The smallest absolute Gasteiger partial charge is 0.339 e. The standard InChI is InChI=1S/C29H23BrCl2N2O9/c1-43-20-9-13(35)3-5-16(20)22-14-6-7-17-21(18(14)10-28(31)26(41)33(11-30)27(42)29(22,28)32)24(38)34(23(17)37)12-2-4-15(25(39)40)19(36)8-12/h2-6,8-9,17-18,21-22,35-36H,7,10-11H2,1H3,(H,39,40)/t17-,18+,21-,22+,28+,29-/m0/s1. The van der Waals surface area contributed by atoms with Gasteiger partial charge in [0, 0.05) is 23.6 Å². The molecule has 2 heterocycles. The summed E-state index contributed by atoms with van der Waals surface area (Å²) in [5, 5.41) is 29.7. The maximum absolute atomic E-state index is 14.1. The number of phenols is 2. The van der Waals surface area contributed by atoms with Gasteiger partial charge in [-0.1, -0.05) is 33.6 Å². The van der Waals surface area contributed by atoms with Crippen LogP contribution in [0.5, 0.6) is 17.2 Å². The molecule has 14 heteroatoms. The molecule has 2 saturated heterocycles. The molecule has 0 spiro atoms. The molecule has 0 unspecified atom stereocenters. The molecule has 1 saturated carbocycles. The molecule has 2 aliphatic carbocycles. The number of rotatable bonds is 5. The molecule has 2 aromatic carbocycles. The average molecular weight is 694 g/mol. The number of alkyl halides is 3. The molecular formula is C29H23BrCl2N2O9. The number of likely N-dealkylation sites (tertiary alicyclic amines) is 1. The summed E-state index contributed by atoms with van der Waals surface area (Å²) in [7, 11) is 1.37. The van der Waals surface area contributed by atoms with E-state index in [0.717, 1.165) is 21.9 Å². The minimum atomic E-state index is -2.04. The van der Waals surface area contributed by atoms with Crippen molar-refractivity contribution in [3.8, 4) is 17.2 Å². The molecule has 6 atom stereocenters. The van der Waals surface area contributed by atoms with Crippen molar-refractivity contribution in [1.82, 2.24) is 4.90 Å². The van der Waals surface area contributed by atoms with Crippen LogP contribution in [-0.4, -0.2) is 72.1 Å². The van der Waals surface area contributed by atoms with Crippen molar-refractivity contribution >= 4 is 74.4 Å². The first kappa shape index (κ1) is 29.5. The number of allylic oxidation sites excluding steroid dienone is 2. The molecule has 4 amide bonds. The van der Waals surface area contributed by atoms with Crippen LogP contribution in [0.15, 0.2) is 48.0 Å². The van der Waals surface area contributed by atoms with E-state index >= 15 is 0 Å². The molecule has 3 fully saturated rings. The highest BCUT2D eigenvalue weighted by molar-refractivity contribution is 9.09. The summed E-state index contributed by atoms with van der Waals surface area (Å²) < 4.78 is 5.54. The number of aromatic carboxylic acids is 1. The number of hydrogen-bond donors (Lipinski definition) is 3. The van der Waals surface area contributed by atoms with Gasteiger partial charge >= 0.3 is 5.97 Å². The quantitative estimate of drug-likeness (QED) is 0.183. The van der Waals surface area contributed by atoms with Crippen LogP contribution in [0, 0.1) is 17.8 Å². The third kappa shape index (κ3) is 3.82. The lowest BCUT2D eigenvalue weighted by Crippen LogP contribution is -2.60. The summed E-state index contributed by atoms with van der Waals surface area (Å²) in [6.45, 7) is 0. The van der Waals surface area contributed by atoms with Gasteiger partial charge < -0.3 is 20.1 Å². The number of benzene rings is 2. The Kier molecular flexibility index (Phi) is 6.83. The molecule has 0 bridgehead atoms. The number of imide groups is 2. The summed E-state index contributed by atoms with van der Waals surface area (Å²) in [5.41, 5.74) is 0.303. The molecule has 2 aliphatic heterocycles. The lowest BCUT2D eigenvalue weighted by Gasteiger charge is -2.50. The Hall–Kier alpha value is -3.61. The fourth-order valence-electron chi connectivity index (χ4n) is 7.13. The lowest BCUT2D eigenvalue weighted by atomic mass is 9.56. The highest BCUT2D eigenvalue weighted by atomic mass is 79.9. The number of fused-ring (bicyclic) bond motifs is 4. The predicted molar refractivity (Wildman–Crippen MR) is 156 cm³/mol. The molecule has 4 aliphatic rings. The van der Waals surface area contributed by atoms with Gasteiger partial charge in [0.2, 0.25) is 11.8 Å². The minimum Gasteiger partial charge on any atom is -0.508 e. The summed E-state index contributed by atoms with van der Waals surface area (Å²) in [6, 6.07) is 7.63. The van der Waals surface area contributed by atoms with Crippen molar-refractivity contribution in [3.63, 3.8) is 0 Å². The Balaban J connectivity index is 1.51. The first-order valence-electron chi connectivity index (χ1n) is 13.1. The van der Waals surface area contributed by atoms with Gasteiger partial charge in [0.05, 0.1) is 30.1 Å². The zero-order valence-electron chi connectivity index (χ0n) is 22.3. The maximum atomic E-state index is 14.1. The largest absolute Gasteiger partial charge is 0.508 e. The molecule has 3 N–H and O–H groups in total. The Morgan fingerprint density at radius 1 is 1.05 bits per heavy atom. The third-order valence-corrected chi connectivity index (χ3v) is 10.9. The number of carbonyl (C=O) groups is 5. The molecule has 6 rings (SSSR count). The number of halogens is 3. The van der Waals surface area contributed by atoms with Crippen LogP contribution in [0.25, 0.3) is 0 Å². The Bertz CT molecular complexity index is 1680. The van der Waals surface area contributed by atoms with E-state index in [2.05, 4.69) is 15.9 Å². The highest BCUT2D eigenvalue weighted by Gasteiger charge is 2.76. The monoisotopic (exact) mass is 692 g/mol. The van der Waals surface area contributed by atoms with E-state index < -0.39 is 74.3 Å². The van der Waals surface area contributed by atoms with Gasteiger partial charge in [-0.05, 0) is 37.0 Å². The van der Waals surface area contributed by atoms with Crippen LogP contribution in [0.2, 0.25) is 0 Å². The highest BCUT2D eigenvalue weighted by Crippen LogP contribution is 2.66. The minimum absolute atomic E-state index is 0.00845. The van der Waals surface area contributed by atoms with Gasteiger partial charge in [-0.25, -0.2) is 9.69 Å². The fraction of sp³-hybridized carbons (Fsp3) is 0.345. The van der Waals surface area contributed by atoms with Gasteiger partial charge in [0.1, 0.15) is 22.8 Å². The number of carboxylic acids is 1. The Morgan fingerprint density at radius 3 is 2.40 bits per heavy atom. The average Bonchev–Trinajstić information content (AvgIpc) is 3.30. The van der Waals surface area contributed by atoms with Crippen LogP contribution in [-0.2, 0) is 19.2 Å². The summed E-state index contributed by atoms with van der Waals surface area (Å²) in [6.07, 6.45) is 1.62. The number of methoxy groups -OCH3 is 1. The maximum Gasteiger partial charge on any atom is 0.339 e. The van der Waals surface area contributed by atoms with Crippen LogP contribution in [0.4, 0.5) is 5.69 Å². The van der Waals surface area contributed by atoms with Crippen LogP contribution in [0.3, 0.4) is 0 Å². The number of anilines is 1. The van der Waals surface area contributed by atoms with E-state index in [0.29, 0.717) is 11.1 Å². The first-order valence-corrected chi connectivity index (χ1v) is 15.0. The first-order chi connectivity index (χ1) is 20.3. The van der Waals surface area contributed by atoms with Crippen LogP contribution >= 0.6 is 39.1 Å². The van der Waals surface area contributed by atoms with Crippen molar-refractivity contribution in [3.05, 3.63) is 59.2 Å². The molecule has 11 nitrogen and oxygen atoms in total. The van der Waals surface area contributed by atoms with Gasteiger partial charge in [-0.2, -0.15) is 0 Å². The van der Waals surface area contributed by atoms with E-state index in [-0.39, 0.29) is 35.5 Å². The number of phenolic OH excluding ortho intramolecular Hbond substituents is 1. The van der Waals surface area contributed by atoms with E-state index in [1.54, 1.807) is 6.08 Å². The van der Waals surface area contributed by atoms with Gasteiger partial charge in [0.15, 0.2) is 9.75 Å². The van der Waals surface area contributed by atoms with Crippen LogP contribution in [0.1, 0.15) is 34.7 Å². The zero-order chi connectivity index (χ0) is 31.2. The molecule has 0 aromatic heterocycles. The SMILES string of the molecule is COc1cc(O)ccc1[C@H]1C2=CC[C@@H]3C(=O)N(c4ccc(C(=O)O)c(O)c4)C(=O)[C@@H]3[C@@H]2C[C@@]2(Cl)C(=O)N(CBr)C(=O)[C@@]12Cl. The Labute approximate surface area is 262 Å². The van der Waals surface area contributed by atoms with E-state index in [1.165, 1.54) is 31.4 Å². The topological polar surface area (TPSA) is 162 Å². The fourth-order valence-corrected chi connectivity index (χ4v) is 8.55. The second-order valence-electron chi connectivity index (χ2n) is 10.9. The number of carboxylic acid groups (broad SMARTS) is 1. The molecule has 224 valence electrons. The second kappa shape index (κ2) is 9.96. The van der Waals surface area contributed by atoms with Crippen molar-refractivity contribution in [1.29, 1.82) is 0 Å². The van der Waals surface area contributed by atoms with Gasteiger partial charge in [0.25, 0.3) is 11.8 Å². The summed E-state index contributed by atoms with van der Waals surface area (Å²) in [5.74, 6) is -8.37. The van der Waals surface area contributed by atoms with Crippen molar-refractivity contribution in [2.45, 2.75) is 28.5 Å². The number of amides is 4. The predicted octanol–water partition coefficient (Wildman–Crippen LogP) is 3.72.